The average Bonchev–Trinajstić information content (AvgIpc) is 2.38. The Balaban J connectivity index is 2.21. The standard InChI is InChI=1S/C15H17BrN2O/c1-2-18-15(12-8-13(16)10-17-9-12)7-11-4-3-5-14(19)6-11/h3-6,8-10,15,18-19H,2,7H2,1H3. The molecule has 0 saturated carbocycles. The molecule has 1 atom stereocenters. The van der Waals surface area contributed by atoms with Crippen molar-refractivity contribution in [2.75, 3.05) is 6.54 Å². The Morgan fingerprint density at radius 1 is 1.32 bits per heavy atom. The van der Waals surface area contributed by atoms with Gasteiger partial charge in [-0.3, -0.25) is 4.98 Å². The molecule has 0 aliphatic heterocycles. The fraction of sp³-hybridized carbons (Fsp3) is 0.267. The lowest BCUT2D eigenvalue weighted by Crippen LogP contribution is -2.23. The first-order chi connectivity index (χ1) is 9.19. The van der Waals surface area contributed by atoms with Gasteiger partial charge < -0.3 is 10.4 Å². The van der Waals surface area contributed by atoms with E-state index in [0.29, 0.717) is 5.75 Å². The second kappa shape index (κ2) is 6.68. The van der Waals surface area contributed by atoms with Crippen LogP contribution in [-0.2, 0) is 6.42 Å². The van der Waals surface area contributed by atoms with Gasteiger partial charge in [-0.05, 0) is 58.2 Å². The van der Waals surface area contributed by atoms with E-state index >= 15 is 0 Å². The summed E-state index contributed by atoms with van der Waals surface area (Å²) < 4.78 is 0.976. The van der Waals surface area contributed by atoms with Crippen molar-refractivity contribution in [2.24, 2.45) is 0 Å². The van der Waals surface area contributed by atoms with E-state index in [-0.39, 0.29) is 6.04 Å². The third kappa shape index (κ3) is 4.04. The molecule has 1 heterocycles. The first kappa shape index (κ1) is 14.0. The highest BCUT2D eigenvalue weighted by Crippen LogP contribution is 2.22. The molecule has 1 aromatic carbocycles. The number of phenols is 1. The van der Waals surface area contributed by atoms with E-state index in [4.69, 9.17) is 0 Å². The lowest BCUT2D eigenvalue weighted by Gasteiger charge is -2.18. The Hall–Kier alpha value is -1.39. The Bertz CT molecular complexity index is 545. The maximum Gasteiger partial charge on any atom is 0.115 e. The van der Waals surface area contributed by atoms with Crippen LogP contribution in [0.5, 0.6) is 5.75 Å². The third-order valence-electron chi connectivity index (χ3n) is 2.93. The molecule has 0 radical (unpaired) electrons. The van der Waals surface area contributed by atoms with Crippen molar-refractivity contribution in [3.05, 3.63) is 58.3 Å². The number of halogens is 1. The topological polar surface area (TPSA) is 45.1 Å². The predicted octanol–water partition coefficient (Wildman–Crippen LogP) is 3.44. The van der Waals surface area contributed by atoms with E-state index in [1.54, 1.807) is 18.3 Å². The minimum Gasteiger partial charge on any atom is -0.508 e. The molecule has 4 heteroatoms. The van der Waals surface area contributed by atoms with Gasteiger partial charge in [0.2, 0.25) is 0 Å². The minimum absolute atomic E-state index is 0.191. The highest BCUT2D eigenvalue weighted by Gasteiger charge is 2.12. The molecule has 0 aliphatic rings. The van der Waals surface area contributed by atoms with Crippen molar-refractivity contribution < 1.29 is 5.11 Å². The highest BCUT2D eigenvalue weighted by atomic mass is 79.9. The molecular weight excluding hydrogens is 304 g/mol. The van der Waals surface area contributed by atoms with E-state index < -0.39 is 0 Å². The summed E-state index contributed by atoms with van der Waals surface area (Å²) >= 11 is 3.45. The maximum absolute atomic E-state index is 9.53. The first-order valence-corrected chi connectivity index (χ1v) is 7.10. The lowest BCUT2D eigenvalue weighted by atomic mass is 10.00. The molecule has 3 nitrogen and oxygen atoms in total. The Morgan fingerprint density at radius 3 is 2.84 bits per heavy atom. The molecule has 100 valence electrons. The molecule has 0 bridgehead atoms. The maximum atomic E-state index is 9.53. The molecule has 0 saturated heterocycles. The zero-order valence-electron chi connectivity index (χ0n) is 10.8. The van der Waals surface area contributed by atoms with E-state index in [0.717, 1.165) is 28.6 Å². The van der Waals surface area contributed by atoms with Gasteiger partial charge in [0.25, 0.3) is 0 Å². The average molecular weight is 321 g/mol. The Morgan fingerprint density at radius 2 is 2.16 bits per heavy atom. The smallest absolute Gasteiger partial charge is 0.115 e. The monoisotopic (exact) mass is 320 g/mol. The molecule has 0 fully saturated rings. The second-order valence-corrected chi connectivity index (χ2v) is 5.34. The van der Waals surface area contributed by atoms with Gasteiger partial charge in [0.15, 0.2) is 0 Å². The molecule has 0 aliphatic carbocycles. The van der Waals surface area contributed by atoms with E-state index in [1.807, 2.05) is 18.3 Å². The molecule has 19 heavy (non-hydrogen) atoms. The lowest BCUT2D eigenvalue weighted by molar-refractivity contribution is 0.473. The van der Waals surface area contributed by atoms with Crippen LogP contribution in [0.25, 0.3) is 0 Å². The van der Waals surface area contributed by atoms with Gasteiger partial charge in [-0.15, -0.1) is 0 Å². The molecule has 1 unspecified atom stereocenters. The molecule has 1 aromatic heterocycles. The summed E-state index contributed by atoms with van der Waals surface area (Å²) in [6.45, 7) is 2.97. The SMILES string of the molecule is CCNC(Cc1cccc(O)c1)c1cncc(Br)c1. The van der Waals surface area contributed by atoms with Crippen LogP contribution >= 0.6 is 15.9 Å². The number of nitrogens with zero attached hydrogens (tertiary/aromatic N) is 1. The molecule has 2 rings (SSSR count). The van der Waals surface area contributed by atoms with Gasteiger partial charge in [-0.25, -0.2) is 0 Å². The van der Waals surface area contributed by atoms with E-state index in [9.17, 15) is 5.11 Å². The third-order valence-corrected chi connectivity index (χ3v) is 3.36. The fourth-order valence-corrected chi connectivity index (χ4v) is 2.47. The summed E-state index contributed by atoms with van der Waals surface area (Å²) in [4.78, 5) is 4.21. The van der Waals surface area contributed by atoms with Crippen molar-refractivity contribution in [1.82, 2.24) is 10.3 Å². The van der Waals surface area contributed by atoms with Crippen LogP contribution in [-0.4, -0.2) is 16.6 Å². The van der Waals surface area contributed by atoms with Gasteiger partial charge in [0, 0.05) is 22.9 Å². The Labute approximate surface area is 121 Å². The van der Waals surface area contributed by atoms with Gasteiger partial charge in [0.1, 0.15) is 5.75 Å². The quantitative estimate of drug-likeness (QED) is 0.887. The Kier molecular flexibility index (Phi) is 4.93. The van der Waals surface area contributed by atoms with Crippen molar-refractivity contribution in [3.8, 4) is 5.75 Å². The number of aromatic hydroxyl groups is 1. The first-order valence-electron chi connectivity index (χ1n) is 6.30. The van der Waals surface area contributed by atoms with Gasteiger partial charge >= 0.3 is 0 Å². The predicted molar refractivity (Wildman–Crippen MR) is 80.2 cm³/mol. The molecule has 2 aromatic rings. The number of hydrogen-bond acceptors (Lipinski definition) is 3. The summed E-state index contributed by atoms with van der Waals surface area (Å²) in [6.07, 6.45) is 4.47. The number of rotatable bonds is 5. The zero-order valence-corrected chi connectivity index (χ0v) is 12.4. The number of aromatic nitrogens is 1. The van der Waals surface area contributed by atoms with Crippen LogP contribution in [0.2, 0.25) is 0 Å². The van der Waals surface area contributed by atoms with Crippen LogP contribution in [0, 0.1) is 0 Å². The van der Waals surface area contributed by atoms with Gasteiger partial charge in [0.05, 0.1) is 0 Å². The van der Waals surface area contributed by atoms with Crippen LogP contribution in [0.3, 0.4) is 0 Å². The fourth-order valence-electron chi connectivity index (χ4n) is 2.09. The molecule has 2 N–H and O–H groups in total. The number of hydrogen-bond donors (Lipinski definition) is 2. The summed E-state index contributed by atoms with van der Waals surface area (Å²) in [6, 6.07) is 9.64. The van der Waals surface area contributed by atoms with Crippen molar-refractivity contribution in [2.45, 2.75) is 19.4 Å². The van der Waals surface area contributed by atoms with Gasteiger partial charge in [-0.2, -0.15) is 0 Å². The zero-order chi connectivity index (χ0) is 13.7. The summed E-state index contributed by atoms with van der Waals surface area (Å²) in [5, 5.41) is 13.0. The number of benzene rings is 1. The normalized spacial score (nSPS) is 12.3. The molecular formula is C15H17BrN2O. The summed E-state index contributed by atoms with van der Waals surface area (Å²) in [5.41, 5.74) is 2.24. The summed E-state index contributed by atoms with van der Waals surface area (Å²) in [5.74, 6) is 0.306. The van der Waals surface area contributed by atoms with Crippen LogP contribution < -0.4 is 5.32 Å². The van der Waals surface area contributed by atoms with E-state index in [2.05, 4.69) is 39.2 Å². The van der Waals surface area contributed by atoms with Crippen LogP contribution in [0.4, 0.5) is 0 Å². The molecule has 0 amide bonds. The number of phenolic OH excluding ortho intramolecular Hbond substituents is 1. The number of pyridine rings is 1. The van der Waals surface area contributed by atoms with Crippen LogP contribution in [0.1, 0.15) is 24.1 Å². The van der Waals surface area contributed by atoms with Crippen LogP contribution in [0.15, 0.2) is 47.2 Å². The van der Waals surface area contributed by atoms with Crippen molar-refractivity contribution in [3.63, 3.8) is 0 Å². The second-order valence-electron chi connectivity index (χ2n) is 4.42. The van der Waals surface area contributed by atoms with E-state index in [1.165, 1.54) is 0 Å². The summed E-state index contributed by atoms with van der Waals surface area (Å²) in [7, 11) is 0. The number of likely N-dealkylation sites (N-methyl/N-ethyl adjacent to an activating group) is 1. The highest BCUT2D eigenvalue weighted by molar-refractivity contribution is 9.10. The van der Waals surface area contributed by atoms with Crippen molar-refractivity contribution in [1.29, 1.82) is 0 Å². The number of nitrogens with one attached hydrogen (secondary N) is 1. The largest absolute Gasteiger partial charge is 0.508 e. The minimum atomic E-state index is 0.191. The van der Waals surface area contributed by atoms with Crippen molar-refractivity contribution >= 4 is 15.9 Å². The molecule has 0 spiro atoms. The van der Waals surface area contributed by atoms with Gasteiger partial charge in [-0.1, -0.05) is 19.1 Å².